The molecule has 0 atom stereocenters. The molecule has 6 nitrogen and oxygen atoms in total. The Kier molecular flexibility index (Phi) is 6.11. The number of nitrogens with one attached hydrogen (secondary N) is 1. The minimum atomic E-state index is -0.343. The Hall–Kier alpha value is -3.12. The molecule has 0 saturated heterocycles. The third-order valence-corrected chi connectivity index (χ3v) is 4.79. The first-order valence-corrected chi connectivity index (χ1v) is 9.17. The van der Waals surface area contributed by atoms with E-state index in [0.717, 1.165) is 28.8 Å². The number of halogens is 1. The number of hydrogen-bond donors (Lipinski definition) is 2. The van der Waals surface area contributed by atoms with Crippen LogP contribution in [0.3, 0.4) is 0 Å². The van der Waals surface area contributed by atoms with Crippen molar-refractivity contribution >= 4 is 29.3 Å². The summed E-state index contributed by atoms with van der Waals surface area (Å²) in [5, 5.41) is 3.95. The molecule has 0 radical (unpaired) electrons. The van der Waals surface area contributed by atoms with E-state index in [0.29, 0.717) is 22.9 Å². The smallest absolute Gasteiger partial charge is 0.337 e. The summed E-state index contributed by atoms with van der Waals surface area (Å²) in [6, 6.07) is 14.9. The first kappa shape index (κ1) is 19.6. The number of anilines is 2. The number of nitrogens with two attached hydrogens (primary N) is 1. The van der Waals surface area contributed by atoms with Crippen LogP contribution in [0.5, 0.6) is 0 Å². The standard InChI is InChI=1S/C21H21ClN4O2/c1-13-16(4-3-5-17(13)22)18-12-19(26-21(23)25-18)24-11-10-14-6-8-15(9-7-14)20(27)28-2/h3-9,12H,10-11H2,1-2H3,(H3,23,24,25,26). The molecule has 3 N–H and O–H groups in total. The van der Waals surface area contributed by atoms with Gasteiger partial charge in [0.15, 0.2) is 0 Å². The summed E-state index contributed by atoms with van der Waals surface area (Å²) in [5.41, 5.74) is 10.1. The molecule has 0 fully saturated rings. The van der Waals surface area contributed by atoms with Crippen molar-refractivity contribution in [3.8, 4) is 11.3 Å². The first-order valence-electron chi connectivity index (χ1n) is 8.79. The lowest BCUT2D eigenvalue weighted by Gasteiger charge is -2.11. The summed E-state index contributed by atoms with van der Waals surface area (Å²) in [7, 11) is 1.37. The Bertz CT molecular complexity index is 990. The molecule has 28 heavy (non-hydrogen) atoms. The highest BCUT2D eigenvalue weighted by molar-refractivity contribution is 6.31. The number of esters is 1. The maximum Gasteiger partial charge on any atom is 0.337 e. The number of rotatable bonds is 6. The summed E-state index contributed by atoms with van der Waals surface area (Å²) in [6.45, 7) is 2.60. The second-order valence-electron chi connectivity index (χ2n) is 6.27. The van der Waals surface area contributed by atoms with E-state index in [-0.39, 0.29) is 11.9 Å². The molecule has 0 saturated carbocycles. The van der Waals surface area contributed by atoms with Crippen molar-refractivity contribution in [1.29, 1.82) is 0 Å². The van der Waals surface area contributed by atoms with Crippen LogP contribution in [0.25, 0.3) is 11.3 Å². The van der Waals surface area contributed by atoms with Gasteiger partial charge in [0.25, 0.3) is 0 Å². The molecular weight excluding hydrogens is 376 g/mol. The third-order valence-electron chi connectivity index (χ3n) is 4.38. The third kappa shape index (κ3) is 4.58. The van der Waals surface area contributed by atoms with E-state index in [1.165, 1.54) is 7.11 Å². The summed E-state index contributed by atoms with van der Waals surface area (Å²) in [5.74, 6) is 0.500. The molecule has 0 aliphatic heterocycles. The lowest BCUT2D eigenvalue weighted by Crippen LogP contribution is -2.09. The van der Waals surface area contributed by atoms with Gasteiger partial charge in [-0.05, 0) is 42.7 Å². The largest absolute Gasteiger partial charge is 0.465 e. The zero-order valence-corrected chi connectivity index (χ0v) is 16.5. The van der Waals surface area contributed by atoms with Gasteiger partial charge in [0.1, 0.15) is 5.82 Å². The van der Waals surface area contributed by atoms with E-state index in [9.17, 15) is 4.79 Å². The van der Waals surface area contributed by atoms with Crippen LogP contribution in [0, 0.1) is 6.92 Å². The van der Waals surface area contributed by atoms with E-state index in [4.69, 9.17) is 22.1 Å². The summed E-state index contributed by atoms with van der Waals surface area (Å²) >= 11 is 6.22. The number of aromatic nitrogens is 2. The quantitative estimate of drug-likeness (QED) is 0.609. The van der Waals surface area contributed by atoms with E-state index >= 15 is 0 Å². The van der Waals surface area contributed by atoms with Crippen molar-refractivity contribution in [2.75, 3.05) is 24.7 Å². The van der Waals surface area contributed by atoms with Crippen LogP contribution in [-0.2, 0) is 11.2 Å². The molecule has 1 heterocycles. The zero-order valence-electron chi connectivity index (χ0n) is 15.7. The molecule has 0 unspecified atom stereocenters. The van der Waals surface area contributed by atoms with Gasteiger partial charge in [-0.15, -0.1) is 0 Å². The number of carbonyl (C=O) groups is 1. The number of nitrogen functional groups attached to an aromatic ring is 1. The summed E-state index contributed by atoms with van der Waals surface area (Å²) < 4.78 is 4.70. The number of benzene rings is 2. The summed E-state index contributed by atoms with van der Waals surface area (Å²) in [6.07, 6.45) is 0.761. The molecule has 3 rings (SSSR count). The van der Waals surface area contributed by atoms with Crippen LogP contribution in [-0.4, -0.2) is 29.6 Å². The van der Waals surface area contributed by atoms with Crippen molar-refractivity contribution in [3.63, 3.8) is 0 Å². The molecule has 7 heteroatoms. The predicted molar refractivity (Wildman–Crippen MR) is 112 cm³/mol. The highest BCUT2D eigenvalue weighted by Crippen LogP contribution is 2.28. The lowest BCUT2D eigenvalue weighted by atomic mass is 10.1. The van der Waals surface area contributed by atoms with Crippen LogP contribution < -0.4 is 11.1 Å². The van der Waals surface area contributed by atoms with Crippen LogP contribution in [0.4, 0.5) is 11.8 Å². The number of ether oxygens (including phenoxy) is 1. The molecule has 1 aromatic heterocycles. The molecule has 2 aromatic carbocycles. The molecule has 3 aromatic rings. The van der Waals surface area contributed by atoms with Crippen molar-refractivity contribution in [2.24, 2.45) is 0 Å². The fraction of sp³-hybridized carbons (Fsp3) is 0.190. The van der Waals surface area contributed by atoms with E-state index in [1.807, 2.05) is 43.3 Å². The predicted octanol–water partition coefficient (Wildman–Crippen LogP) is 4.13. The normalized spacial score (nSPS) is 10.5. The number of nitrogens with zero attached hydrogens (tertiary/aromatic N) is 2. The highest BCUT2D eigenvalue weighted by atomic mass is 35.5. The molecule has 0 amide bonds. The first-order chi connectivity index (χ1) is 13.5. The van der Waals surface area contributed by atoms with E-state index < -0.39 is 0 Å². The van der Waals surface area contributed by atoms with Crippen molar-refractivity contribution in [3.05, 3.63) is 70.2 Å². The SMILES string of the molecule is COC(=O)c1ccc(CCNc2cc(-c3cccc(Cl)c3C)nc(N)n2)cc1. The Balaban J connectivity index is 1.69. The van der Waals surface area contributed by atoms with Gasteiger partial charge in [0.05, 0.1) is 18.4 Å². The molecule has 0 aliphatic carbocycles. The van der Waals surface area contributed by atoms with Gasteiger partial charge in [0, 0.05) is 23.2 Å². The molecule has 0 bridgehead atoms. The van der Waals surface area contributed by atoms with Crippen LogP contribution in [0.15, 0.2) is 48.5 Å². The van der Waals surface area contributed by atoms with Gasteiger partial charge >= 0.3 is 5.97 Å². The van der Waals surface area contributed by atoms with E-state index in [1.54, 1.807) is 12.1 Å². The van der Waals surface area contributed by atoms with Gasteiger partial charge in [-0.25, -0.2) is 9.78 Å². The van der Waals surface area contributed by atoms with Gasteiger partial charge in [-0.3, -0.25) is 0 Å². The fourth-order valence-electron chi connectivity index (χ4n) is 2.84. The molecule has 144 valence electrons. The number of methoxy groups -OCH3 is 1. The fourth-order valence-corrected chi connectivity index (χ4v) is 3.01. The molecule has 0 spiro atoms. The Morgan fingerprint density at radius 3 is 2.64 bits per heavy atom. The lowest BCUT2D eigenvalue weighted by molar-refractivity contribution is 0.0600. The average Bonchev–Trinajstić information content (AvgIpc) is 2.69. The van der Waals surface area contributed by atoms with Gasteiger partial charge < -0.3 is 15.8 Å². The van der Waals surface area contributed by atoms with Gasteiger partial charge in [-0.2, -0.15) is 4.98 Å². The topological polar surface area (TPSA) is 90.1 Å². The Morgan fingerprint density at radius 1 is 1.18 bits per heavy atom. The van der Waals surface area contributed by atoms with Gasteiger partial charge in [0.2, 0.25) is 5.95 Å². The van der Waals surface area contributed by atoms with Gasteiger partial charge in [-0.1, -0.05) is 35.9 Å². The molecular formula is C21H21ClN4O2. The second-order valence-corrected chi connectivity index (χ2v) is 6.68. The van der Waals surface area contributed by atoms with Crippen molar-refractivity contribution in [1.82, 2.24) is 9.97 Å². The Morgan fingerprint density at radius 2 is 1.93 bits per heavy atom. The summed E-state index contributed by atoms with van der Waals surface area (Å²) in [4.78, 5) is 20.1. The van der Waals surface area contributed by atoms with Crippen molar-refractivity contribution < 1.29 is 9.53 Å². The maximum atomic E-state index is 11.5. The van der Waals surface area contributed by atoms with Crippen LogP contribution in [0.1, 0.15) is 21.5 Å². The van der Waals surface area contributed by atoms with Crippen molar-refractivity contribution in [2.45, 2.75) is 13.3 Å². The molecule has 0 aliphatic rings. The van der Waals surface area contributed by atoms with Crippen LogP contribution >= 0.6 is 11.6 Å². The minimum Gasteiger partial charge on any atom is -0.465 e. The zero-order chi connectivity index (χ0) is 20.1. The number of carbonyl (C=O) groups excluding carboxylic acids is 1. The maximum absolute atomic E-state index is 11.5. The Labute approximate surface area is 168 Å². The highest BCUT2D eigenvalue weighted by Gasteiger charge is 2.10. The number of hydrogen-bond acceptors (Lipinski definition) is 6. The monoisotopic (exact) mass is 396 g/mol. The second kappa shape index (κ2) is 8.71. The average molecular weight is 397 g/mol. The van der Waals surface area contributed by atoms with E-state index in [2.05, 4.69) is 15.3 Å². The van der Waals surface area contributed by atoms with Crippen LogP contribution in [0.2, 0.25) is 5.02 Å². The minimum absolute atomic E-state index is 0.196.